The van der Waals surface area contributed by atoms with Gasteiger partial charge in [-0.25, -0.2) is 0 Å². The van der Waals surface area contributed by atoms with Crippen molar-refractivity contribution in [3.8, 4) is 17.4 Å². The molecule has 0 bridgehead atoms. The zero-order chi connectivity index (χ0) is 19.0. The lowest BCUT2D eigenvalue weighted by Crippen LogP contribution is -2.22. The van der Waals surface area contributed by atoms with Crippen molar-refractivity contribution in [2.45, 2.75) is 11.0 Å². The maximum Gasteiger partial charge on any atom is 0.190 e. The summed E-state index contributed by atoms with van der Waals surface area (Å²) in [5, 5.41) is 10.8. The predicted molar refractivity (Wildman–Crippen MR) is 106 cm³/mol. The van der Waals surface area contributed by atoms with Crippen molar-refractivity contribution in [2.24, 2.45) is 5.73 Å². The number of hydrogen-bond donors (Lipinski definition) is 1. The molecule has 4 nitrogen and oxygen atoms in total. The second kappa shape index (κ2) is 6.99. The Labute approximate surface area is 164 Å². The quantitative estimate of drug-likeness (QED) is 0.671. The Bertz CT molecular complexity index is 1160. The van der Waals surface area contributed by atoms with E-state index < -0.39 is 5.92 Å². The molecule has 0 saturated carbocycles. The van der Waals surface area contributed by atoms with Gasteiger partial charge in [0.25, 0.3) is 0 Å². The molecule has 0 aliphatic carbocycles. The maximum atomic E-state index is 13.0. The van der Waals surface area contributed by atoms with Crippen molar-refractivity contribution in [1.82, 2.24) is 0 Å². The fourth-order valence-electron chi connectivity index (χ4n) is 3.14. The molecule has 2 heterocycles. The van der Waals surface area contributed by atoms with E-state index in [0.717, 1.165) is 17.3 Å². The molecule has 1 aliphatic rings. The minimum absolute atomic E-state index is 0.215. The fourth-order valence-corrected chi connectivity index (χ4v) is 4.32. The Hall–Kier alpha value is -2.94. The van der Waals surface area contributed by atoms with Crippen LogP contribution in [0.25, 0.3) is 11.3 Å². The van der Waals surface area contributed by atoms with Crippen molar-refractivity contribution in [1.29, 1.82) is 5.26 Å². The number of thioether (sulfide) groups is 1. The van der Waals surface area contributed by atoms with Gasteiger partial charge in [-0.05, 0) is 23.4 Å². The zero-order valence-electron chi connectivity index (χ0n) is 14.0. The summed E-state index contributed by atoms with van der Waals surface area (Å²) in [6.07, 6.45) is 0. The monoisotopic (exact) mass is 392 g/mol. The van der Waals surface area contributed by atoms with Gasteiger partial charge in [0.2, 0.25) is 0 Å². The summed E-state index contributed by atoms with van der Waals surface area (Å²) in [7, 11) is 0. The molecule has 3 aromatic rings. The van der Waals surface area contributed by atoms with Gasteiger partial charge in [0.1, 0.15) is 5.76 Å². The highest BCUT2D eigenvalue weighted by Crippen LogP contribution is 2.46. The molecule has 4 rings (SSSR count). The third kappa shape index (κ3) is 3.03. The lowest BCUT2D eigenvalue weighted by Gasteiger charge is -2.25. The first-order chi connectivity index (χ1) is 13.1. The van der Waals surface area contributed by atoms with Gasteiger partial charge in [-0.3, -0.25) is 4.79 Å². The molecule has 0 spiro atoms. The van der Waals surface area contributed by atoms with Crippen molar-refractivity contribution >= 4 is 23.4 Å². The molecule has 0 unspecified atom stereocenters. The average molecular weight is 393 g/mol. The van der Waals surface area contributed by atoms with Crippen LogP contribution >= 0.6 is 23.4 Å². The van der Waals surface area contributed by atoms with E-state index in [9.17, 15) is 10.1 Å². The Balaban J connectivity index is 1.97. The van der Waals surface area contributed by atoms with Gasteiger partial charge in [0.05, 0.1) is 28.2 Å². The van der Waals surface area contributed by atoms with E-state index in [1.54, 1.807) is 18.2 Å². The summed E-state index contributed by atoms with van der Waals surface area (Å²) in [5.41, 5.74) is 8.06. The van der Waals surface area contributed by atoms with E-state index in [4.69, 9.17) is 21.8 Å². The maximum absolute atomic E-state index is 13.0. The third-order valence-electron chi connectivity index (χ3n) is 4.39. The molecular formula is C21H13ClN2O2S. The number of nitriles is 1. The van der Waals surface area contributed by atoms with Gasteiger partial charge in [0.15, 0.2) is 10.5 Å². The van der Waals surface area contributed by atoms with Gasteiger partial charge in [-0.15, -0.1) is 0 Å². The number of fused-ring (bicyclic) bond motifs is 1. The largest absolute Gasteiger partial charge is 0.449 e. The minimum atomic E-state index is -0.652. The second-order valence-corrected chi connectivity index (χ2v) is 7.41. The average Bonchev–Trinajstić information content (AvgIpc) is 2.68. The van der Waals surface area contributed by atoms with Gasteiger partial charge in [-0.1, -0.05) is 60.1 Å². The van der Waals surface area contributed by atoms with Crippen LogP contribution in [0, 0.1) is 11.3 Å². The summed E-state index contributed by atoms with van der Waals surface area (Å²) in [6, 6.07) is 20.1. The molecule has 0 fully saturated rings. The molecule has 1 aliphatic heterocycles. The smallest absolute Gasteiger partial charge is 0.190 e. The Morgan fingerprint density at radius 3 is 2.52 bits per heavy atom. The number of nitrogens with zero attached hydrogens (tertiary/aromatic N) is 1. The molecule has 0 radical (unpaired) electrons. The van der Waals surface area contributed by atoms with Gasteiger partial charge < -0.3 is 10.2 Å². The van der Waals surface area contributed by atoms with Crippen LogP contribution in [0.1, 0.15) is 17.0 Å². The molecule has 1 atom stereocenters. The first kappa shape index (κ1) is 17.5. The highest BCUT2D eigenvalue weighted by Gasteiger charge is 2.34. The molecule has 6 heteroatoms. The first-order valence-electron chi connectivity index (χ1n) is 8.15. The van der Waals surface area contributed by atoms with Crippen LogP contribution in [-0.4, -0.2) is 0 Å². The second-order valence-electron chi connectivity index (χ2n) is 5.99. The van der Waals surface area contributed by atoms with Gasteiger partial charge >= 0.3 is 0 Å². The first-order valence-corrected chi connectivity index (χ1v) is 9.35. The summed E-state index contributed by atoms with van der Waals surface area (Å²) in [4.78, 5) is 13.0. The van der Waals surface area contributed by atoms with E-state index in [2.05, 4.69) is 6.07 Å². The molecule has 27 heavy (non-hydrogen) atoms. The number of benzene rings is 2. The molecule has 132 valence electrons. The van der Waals surface area contributed by atoms with Crippen molar-refractivity contribution in [2.75, 3.05) is 0 Å². The molecule has 2 aromatic carbocycles. The highest BCUT2D eigenvalue weighted by molar-refractivity contribution is 8.03. The predicted octanol–water partition coefficient (Wildman–Crippen LogP) is 4.89. The number of hydrogen-bond acceptors (Lipinski definition) is 5. The molecule has 0 saturated heterocycles. The van der Waals surface area contributed by atoms with Gasteiger partial charge in [0, 0.05) is 16.7 Å². The minimum Gasteiger partial charge on any atom is -0.449 e. The number of rotatable bonds is 2. The Morgan fingerprint density at radius 2 is 1.81 bits per heavy atom. The summed E-state index contributed by atoms with van der Waals surface area (Å²) in [5.74, 6) is -0.195. The van der Waals surface area contributed by atoms with Crippen LogP contribution in [0.5, 0.6) is 0 Å². The Morgan fingerprint density at radius 1 is 1.11 bits per heavy atom. The van der Waals surface area contributed by atoms with E-state index in [0.29, 0.717) is 37.6 Å². The lowest BCUT2D eigenvalue weighted by atomic mass is 9.86. The fraction of sp³-hybridized carbons (Fsp3) is 0.0476. The number of nitrogens with two attached hydrogens (primary N) is 1. The standard InChI is InChI=1S/C21H13ClN2O2S/c22-15-9-5-4-8-13(15)18-14(11-23)20(24)27-21-19(18)16(25)10-17(26-21)12-6-2-1-3-7-12/h1-10,18H,24H2/t18-/m0/s1. The van der Waals surface area contributed by atoms with Crippen molar-refractivity contribution in [3.05, 3.63) is 97.6 Å². The number of allylic oxidation sites excluding steroid dienone is 1. The summed E-state index contributed by atoms with van der Waals surface area (Å²) >= 11 is 7.46. The van der Waals surface area contributed by atoms with Crippen molar-refractivity contribution in [3.63, 3.8) is 0 Å². The Kier molecular flexibility index (Phi) is 4.53. The normalized spacial score (nSPS) is 15.9. The van der Waals surface area contributed by atoms with E-state index in [1.165, 1.54) is 6.07 Å². The highest BCUT2D eigenvalue weighted by atomic mass is 35.5. The van der Waals surface area contributed by atoms with E-state index >= 15 is 0 Å². The molecule has 0 amide bonds. The summed E-state index contributed by atoms with van der Waals surface area (Å²) in [6.45, 7) is 0. The van der Waals surface area contributed by atoms with E-state index in [-0.39, 0.29) is 5.43 Å². The van der Waals surface area contributed by atoms with Crippen LogP contribution in [-0.2, 0) is 0 Å². The van der Waals surface area contributed by atoms with Crippen LogP contribution < -0.4 is 11.2 Å². The van der Waals surface area contributed by atoms with Crippen LogP contribution in [0.2, 0.25) is 5.02 Å². The number of halogens is 1. The zero-order valence-corrected chi connectivity index (χ0v) is 15.6. The lowest BCUT2D eigenvalue weighted by molar-refractivity contribution is 0.453. The SMILES string of the molecule is N#CC1=C(N)Sc2oc(-c3ccccc3)cc(=O)c2[C@H]1c1ccccc1Cl. The topological polar surface area (TPSA) is 80.0 Å². The third-order valence-corrected chi connectivity index (χ3v) is 5.66. The van der Waals surface area contributed by atoms with Crippen molar-refractivity contribution < 1.29 is 4.42 Å². The summed E-state index contributed by atoms with van der Waals surface area (Å²) < 4.78 is 6.02. The molecular weight excluding hydrogens is 380 g/mol. The van der Waals surface area contributed by atoms with Crippen LogP contribution in [0.3, 0.4) is 0 Å². The van der Waals surface area contributed by atoms with E-state index in [1.807, 2.05) is 36.4 Å². The molecule has 2 N–H and O–H groups in total. The molecule has 1 aromatic heterocycles. The van der Waals surface area contributed by atoms with Crippen LogP contribution in [0.4, 0.5) is 0 Å². The van der Waals surface area contributed by atoms with Crippen LogP contribution in [0.15, 0.2) is 85.6 Å². The van der Waals surface area contributed by atoms with Gasteiger partial charge in [-0.2, -0.15) is 5.26 Å².